The van der Waals surface area contributed by atoms with Crippen molar-refractivity contribution in [2.24, 2.45) is 10.7 Å². The van der Waals surface area contributed by atoms with Crippen molar-refractivity contribution in [3.05, 3.63) is 29.8 Å². The number of nitrogens with two attached hydrogens (primary N) is 1. The highest BCUT2D eigenvalue weighted by Crippen LogP contribution is 2.18. The molecule has 1 saturated heterocycles. The molecule has 0 unspecified atom stereocenters. The van der Waals surface area contributed by atoms with E-state index in [4.69, 9.17) is 5.73 Å². The second kappa shape index (κ2) is 8.97. The minimum absolute atomic E-state index is 0. The van der Waals surface area contributed by atoms with Gasteiger partial charge in [0.1, 0.15) is 6.54 Å². The van der Waals surface area contributed by atoms with E-state index >= 15 is 0 Å². The van der Waals surface area contributed by atoms with Gasteiger partial charge in [0, 0.05) is 18.8 Å². The molecule has 1 aliphatic rings. The first-order valence-electron chi connectivity index (χ1n) is 7.51. The van der Waals surface area contributed by atoms with E-state index < -0.39 is 0 Å². The summed E-state index contributed by atoms with van der Waals surface area (Å²) in [6.45, 7) is 6.09. The van der Waals surface area contributed by atoms with Crippen LogP contribution >= 0.6 is 24.0 Å². The van der Waals surface area contributed by atoms with Gasteiger partial charge in [-0.25, -0.2) is 4.99 Å². The highest BCUT2D eigenvalue weighted by atomic mass is 127. The largest absolute Gasteiger partial charge is 0.370 e. The smallest absolute Gasteiger partial charge is 0.244 e. The summed E-state index contributed by atoms with van der Waals surface area (Å²) in [6, 6.07) is 8.06. The van der Waals surface area contributed by atoms with Crippen molar-refractivity contribution in [2.75, 3.05) is 25.0 Å². The molecule has 0 spiro atoms. The zero-order valence-corrected chi connectivity index (χ0v) is 15.5. The minimum Gasteiger partial charge on any atom is -0.370 e. The second-order valence-electron chi connectivity index (χ2n) is 5.69. The van der Waals surface area contributed by atoms with Gasteiger partial charge < -0.3 is 16.0 Å². The average molecular weight is 416 g/mol. The Morgan fingerprint density at radius 1 is 1.36 bits per heavy atom. The molecule has 6 heteroatoms. The molecule has 2 rings (SSSR count). The Morgan fingerprint density at radius 2 is 2.05 bits per heavy atom. The number of nitrogens with zero attached hydrogens (tertiary/aromatic N) is 2. The lowest BCUT2D eigenvalue weighted by atomic mass is 10.0. The molecule has 0 aliphatic carbocycles. The molecule has 0 bridgehead atoms. The van der Waals surface area contributed by atoms with Crippen molar-refractivity contribution in [2.45, 2.75) is 32.6 Å². The van der Waals surface area contributed by atoms with Gasteiger partial charge >= 0.3 is 0 Å². The van der Waals surface area contributed by atoms with E-state index in [1.165, 1.54) is 5.56 Å². The monoisotopic (exact) mass is 416 g/mol. The molecular formula is C16H25IN4O. The molecule has 1 amide bonds. The number of halogens is 1. The van der Waals surface area contributed by atoms with Gasteiger partial charge in [-0.1, -0.05) is 26.0 Å². The number of aliphatic imine (C=N–C) groups is 1. The number of carbonyl (C=O) groups excluding carboxylic acids is 1. The lowest BCUT2D eigenvalue weighted by molar-refractivity contribution is -0.128. The summed E-state index contributed by atoms with van der Waals surface area (Å²) in [5, 5.41) is 3.04. The lowest BCUT2D eigenvalue weighted by Gasteiger charge is -2.14. The Hall–Kier alpha value is -1.31. The zero-order valence-electron chi connectivity index (χ0n) is 13.2. The van der Waals surface area contributed by atoms with Crippen molar-refractivity contribution >= 4 is 41.5 Å². The van der Waals surface area contributed by atoms with Gasteiger partial charge in [0.25, 0.3) is 0 Å². The maximum Gasteiger partial charge on any atom is 0.244 e. The molecule has 0 aromatic heterocycles. The molecule has 1 aromatic rings. The van der Waals surface area contributed by atoms with Gasteiger partial charge in [-0.3, -0.25) is 4.79 Å². The van der Waals surface area contributed by atoms with Crippen LogP contribution in [0.15, 0.2) is 29.3 Å². The molecule has 22 heavy (non-hydrogen) atoms. The number of hydrogen-bond acceptors (Lipinski definition) is 2. The molecule has 1 aliphatic heterocycles. The molecule has 1 fully saturated rings. The highest BCUT2D eigenvalue weighted by molar-refractivity contribution is 14.0. The van der Waals surface area contributed by atoms with Gasteiger partial charge in [-0.15, -0.1) is 24.0 Å². The topological polar surface area (TPSA) is 70.7 Å². The minimum atomic E-state index is 0. The highest BCUT2D eigenvalue weighted by Gasteiger charge is 2.17. The molecule has 1 aromatic carbocycles. The van der Waals surface area contributed by atoms with E-state index in [2.05, 4.69) is 36.3 Å². The molecule has 1 heterocycles. The van der Waals surface area contributed by atoms with Crippen LogP contribution in [-0.4, -0.2) is 36.4 Å². The lowest BCUT2D eigenvalue weighted by Crippen LogP contribution is -2.31. The number of benzene rings is 1. The fraction of sp³-hybridized carbons (Fsp3) is 0.500. The van der Waals surface area contributed by atoms with E-state index in [1.807, 2.05) is 17.0 Å². The summed E-state index contributed by atoms with van der Waals surface area (Å²) in [4.78, 5) is 17.9. The van der Waals surface area contributed by atoms with Gasteiger partial charge in [0.2, 0.25) is 5.91 Å². The number of likely N-dealkylation sites (tertiary alicyclic amines) is 1. The number of nitrogens with one attached hydrogen (secondary N) is 1. The zero-order chi connectivity index (χ0) is 15.2. The van der Waals surface area contributed by atoms with Crippen LogP contribution < -0.4 is 11.1 Å². The van der Waals surface area contributed by atoms with E-state index in [0.29, 0.717) is 5.92 Å². The van der Waals surface area contributed by atoms with Gasteiger partial charge in [-0.2, -0.15) is 0 Å². The van der Waals surface area contributed by atoms with Crippen molar-refractivity contribution in [3.63, 3.8) is 0 Å². The number of amides is 1. The number of carbonyl (C=O) groups is 1. The number of rotatable bonds is 4. The third kappa shape index (κ3) is 5.47. The Morgan fingerprint density at radius 3 is 2.68 bits per heavy atom. The first kappa shape index (κ1) is 18.7. The summed E-state index contributed by atoms with van der Waals surface area (Å²) in [6.07, 6.45) is 2.18. The molecule has 0 saturated carbocycles. The Labute approximate surface area is 149 Å². The van der Waals surface area contributed by atoms with Crippen molar-refractivity contribution in [1.29, 1.82) is 0 Å². The fourth-order valence-corrected chi connectivity index (χ4v) is 2.38. The maximum absolute atomic E-state index is 11.9. The third-order valence-electron chi connectivity index (χ3n) is 3.67. The van der Waals surface area contributed by atoms with Crippen LogP contribution in [0.2, 0.25) is 0 Å². The predicted octanol–water partition coefficient (Wildman–Crippen LogP) is 2.78. The summed E-state index contributed by atoms with van der Waals surface area (Å²) in [7, 11) is 0. The van der Waals surface area contributed by atoms with E-state index in [-0.39, 0.29) is 42.4 Å². The summed E-state index contributed by atoms with van der Waals surface area (Å²) < 4.78 is 0. The number of hydrogen-bond donors (Lipinski definition) is 2. The first-order chi connectivity index (χ1) is 10.1. The number of anilines is 1. The average Bonchev–Trinajstić information content (AvgIpc) is 2.99. The van der Waals surface area contributed by atoms with E-state index in [9.17, 15) is 4.79 Å². The summed E-state index contributed by atoms with van der Waals surface area (Å²) >= 11 is 0. The molecule has 122 valence electrons. The van der Waals surface area contributed by atoms with Crippen LogP contribution in [0.25, 0.3) is 0 Å². The van der Waals surface area contributed by atoms with Crippen molar-refractivity contribution < 1.29 is 4.79 Å². The predicted molar refractivity (Wildman–Crippen MR) is 102 cm³/mol. The summed E-state index contributed by atoms with van der Waals surface area (Å²) in [5.74, 6) is 0.790. The molecular weight excluding hydrogens is 391 g/mol. The Kier molecular flexibility index (Phi) is 7.64. The van der Waals surface area contributed by atoms with Crippen molar-refractivity contribution in [1.82, 2.24) is 4.90 Å². The molecule has 3 N–H and O–H groups in total. The van der Waals surface area contributed by atoms with Crippen LogP contribution in [0.5, 0.6) is 0 Å². The van der Waals surface area contributed by atoms with E-state index in [1.54, 1.807) is 0 Å². The SMILES string of the molecule is CC(C)c1cccc(NC(N)=NCC(=O)N2CCCC2)c1.I. The van der Waals surface area contributed by atoms with Gasteiger partial charge in [0.15, 0.2) is 5.96 Å². The standard InChI is InChI=1S/C16H24N4O.HI/c1-12(2)13-6-5-7-14(10-13)19-16(17)18-11-15(21)20-8-3-4-9-20;/h5-7,10,12H,3-4,8-9,11H2,1-2H3,(H3,17,18,19);1H. The van der Waals surface area contributed by atoms with Gasteiger partial charge in [0.05, 0.1) is 0 Å². The Bertz CT molecular complexity index is 525. The van der Waals surface area contributed by atoms with Crippen LogP contribution in [0.4, 0.5) is 5.69 Å². The van der Waals surface area contributed by atoms with Crippen LogP contribution in [-0.2, 0) is 4.79 Å². The fourth-order valence-electron chi connectivity index (χ4n) is 2.38. The quantitative estimate of drug-likeness (QED) is 0.451. The maximum atomic E-state index is 11.9. The van der Waals surface area contributed by atoms with Crippen LogP contribution in [0, 0.1) is 0 Å². The first-order valence-corrected chi connectivity index (χ1v) is 7.51. The van der Waals surface area contributed by atoms with Crippen molar-refractivity contribution in [3.8, 4) is 0 Å². The van der Waals surface area contributed by atoms with Crippen LogP contribution in [0.1, 0.15) is 38.2 Å². The number of guanidine groups is 1. The second-order valence-corrected chi connectivity index (χ2v) is 5.69. The van der Waals surface area contributed by atoms with E-state index in [0.717, 1.165) is 31.6 Å². The normalized spacial score (nSPS) is 14.9. The molecule has 5 nitrogen and oxygen atoms in total. The third-order valence-corrected chi connectivity index (χ3v) is 3.67. The van der Waals surface area contributed by atoms with Gasteiger partial charge in [-0.05, 0) is 36.5 Å². The molecule has 0 radical (unpaired) electrons. The molecule has 0 atom stereocenters. The summed E-state index contributed by atoms with van der Waals surface area (Å²) in [5.41, 5.74) is 7.98. The van der Waals surface area contributed by atoms with Crippen LogP contribution in [0.3, 0.4) is 0 Å². The Balaban J connectivity index is 0.00000242.